The normalized spacial score (nSPS) is 1.60. The third-order valence-electron chi connectivity index (χ3n) is 0. The molecule has 28 valence electrons. The summed E-state index contributed by atoms with van der Waals surface area (Å²) in [6.07, 6.45) is 0. The van der Waals surface area contributed by atoms with Crippen molar-refractivity contribution in [3.8, 4) is 0 Å². The highest BCUT2D eigenvalue weighted by atomic mass is 28.2. The first-order valence-corrected chi connectivity index (χ1v) is 1.22. The van der Waals surface area contributed by atoms with E-state index in [0.29, 0.717) is 0 Å². The maximum atomic E-state index is 8.40. The van der Waals surface area contributed by atoms with Crippen LogP contribution < -0.4 is 0 Å². The number of hydrogen-bond donors (Lipinski definition) is 0. The fraction of sp³-hybridized carbons (Fsp3) is 0. The molecule has 0 aromatic heterocycles. The molecule has 0 bridgehead atoms. The Morgan fingerprint density at radius 2 is 1.00 bits per heavy atom. The van der Waals surface area contributed by atoms with Crippen molar-refractivity contribution in [3.05, 3.63) is 0 Å². The predicted molar refractivity (Wildman–Crippen MR) is 8.50 cm³/mol. The summed E-state index contributed by atoms with van der Waals surface area (Å²) in [7, 11) is -1.42. The molecule has 5 heavy (non-hydrogen) atoms. The van der Waals surface area contributed by atoms with Gasteiger partial charge in [0.25, 0.3) is 0 Å². The molecule has 0 aromatic carbocycles. The van der Waals surface area contributed by atoms with Gasteiger partial charge in [0.1, 0.15) is 0 Å². The van der Waals surface area contributed by atoms with Gasteiger partial charge in [-0.2, -0.15) is 0 Å². The molecule has 0 heterocycles. The molecule has 0 N–H and O–H groups in total. The monoisotopic (exact) mass is 92.0 g/mol. The summed E-state index contributed by atoms with van der Waals surface area (Å²) in [5.41, 5.74) is 0. The number of rotatable bonds is 0. The molecule has 0 rings (SSSR count). The molecule has 0 spiro atoms. The van der Waals surface area contributed by atoms with Gasteiger partial charge in [-0.25, -0.2) is 0 Å². The van der Waals surface area contributed by atoms with Crippen LogP contribution in [0.4, 0.5) is 0 Å². The van der Waals surface area contributed by atoms with Crippen LogP contribution in [0.5, 0.6) is 0 Å². The molecule has 0 aliphatic rings. The minimum Gasteiger partial charge on any atom is -0.274 e. The molecule has 0 atom stereocenters. The van der Waals surface area contributed by atoms with Crippen LogP contribution in [-0.4, -0.2) is 9.29 Å². The predicted octanol–water partition coefficient (Wildman–Crippen LogP) is -0.856. The highest BCUT2D eigenvalue weighted by molar-refractivity contribution is 5.94. The Kier molecular flexibility index (Phi) is 226. The van der Waals surface area contributed by atoms with Crippen molar-refractivity contribution in [2.24, 2.45) is 0 Å². The van der Waals surface area contributed by atoms with Gasteiger partial charge in [0.2, 0.25) is 0 Å². The van der Waals surface area contributed by atoms with Crippen LogP contribution in [0.1, 0.15) is 0 Å². The molecule has 0 saturated carbocycles. The molecular weight excluding hydrogens is 92.1 g/mol. The zero-order valence-corrected chi connectivity index (χ0v) is 3.13. The van der Waals surface area contributed by atoms with E-state index in [0.717, 1.165) is 0 Å². The van der Waals surface area contributed by atoms with Crippen LogP contribution in [0.2, 0.25) is 0 Å². The Balaban J connectivity index is -0.0000000200. The van der Waals surface area contributed by atoms with Gasteiger partial charge in [-0.1, -0.05) is 0 Å². The summed E-state index contributed by atoms with van der Waals surface area (Å²) in [4.78, 5) is 0. The Bertz CT molecular complexity index is 24.6. The second-order valence-corrected chi connectivity index (χ2v) is 0.250. The maximum absolute atomic E-state index is 8.40. The lowest BCUT2D eigenvalue weighted by molar-refractivity contribution is 0.497. The van der Waals surface area contributed by atoms with Gasteiger partial charge >= 0.3 is 9.29 Å². The van der Waals surface area contributed by atoms with Gasteiger partial charge in [-0.15, -0.1) is 0 Å². The van der Waals surface area contributed by atoms with Gasteiger partial charge < -0.3 is 0 Å². The van der Waals surface area contributed by atoms with E-state index in [-0.39, 0.29) is 11.0 Å². The SMILES string of the molecule is O=[Si]=O.[O].[O]. The fourth-order valence-electron chi connectivity index (χ4n) is 0. The zero-order valence-electron chi connectivity index (χ0n) is 2.13. The van der Waals surface area contributed by atoms with Gasteiger partial charge in [0.05, 0.1) is 0 Å². The van der Waals surface area contributed by atoms with Gasteiger partial charge in [0, 0.05) is 11.0 Å². The summed E-state index contributed by atoms with van der Waals surface area (Å²) >= 11 is 0. The van der Waals surface area contributed by atoms with E-state index in [1.165, 1.54) is 0 Å². The van der Waals surface area contributed by atoms with Crippen LogP contribution in [0.25, 0.3) is 0 Å². The molecule has 5 heteroatoms. The van der Waals surface area contributed by atoms with E-state index in [2.05, 4.69) is 0 Å². The topological polar surface area (TPSA) is 91.1 Å². The standard InChI is InChI=1S/O2Si.2O/c1-3-2;;. The smallest absolute Gasteiger partial charge is 0.274 e. The largest absolute Gasteiger partial charge is 0.549 e. The van der Waals surface area contributed by atoms with Crippen molar-refractivity contribution in [1.82, 2.24) is 0 Å². The van der Waals surface area contributed by atoms with E-state index < -0.39 is 9.29 Å². The molecule has 0 aliphatic heterocycles. The van der Waals surface area contributed by atoms with Crippen molar-refractivity contribution in [2.75, 3.05) is 0 Å². The molecular formula is O4Si. The van der Waals surface area contributed by atoms with Crippen molar-refractivity contribution < 1.29 is 19.9 Å². The number of hydrogen-bond acceptors (Lipinski definition) is 2. The van der Waals surface area contributed by atoms with Crippen LogP contribution in [-0.2, 0) is 19.9 Å². The highest BCUT2D eigenvalue weighted by Crippen LogP contribution is 0.759. The van der Waals surface area contributed by atoms with E-state index in [1.807, 2.05) is 0 Å². The molecule has 0 amide bonds. The molecule has 0 aliphatic carbocycles. The Morgan fingerprint density at radius 3 is 1.00 bits per heavy atom. The molecule has 4 radical (unpaired) electrons. The average molecular weight is 92.1 g/mol. The first kappa shape index (κ1) is 21.9. The molecule has 0 saturated heterocycles. The fourth-order valence-corrected chi connectivity index (χ4v) is 0. The van der Waals surface area contributed by atoms with Gasteiger partial charge in [-0.05, 0) is 0 Å². The summed E-state index contributed by atoms with van der Waals surface area (Å²) in [5.74, 6) is 0. The van der Waals surface area contributed by atoms with Crippen LogP contribution in [0.15, 0.2) is 0 Å². The van der Waals surface area contributed by atoms with Crippen molar-refractivity contribution >= 4 is 9.29 Å². The Hall–Kier alpha value is -0.263. The quantitative estimate of drug-likeness (QED) is 0.364. The van der Waals surface area contributed by atoms with Crippen molar-refractivity contribution in [3.63, 3.8) is 0 Å². The molecule has 0 aromatic rings. The summed E-state index contributed by atoms with van der Waals surface area (Å²) in [6, 6.07) is 0. The first-order valence-electron chi connectivity index (χ1n) is 0.408. The Morgan fingerprint density at radius 1 is 1.00 bits per heavy atom. The average Bonchev–Trinajstić information content (AvgIpc) is 0.918. The van der Waals surface area contributed by atoms with E-state index in [4.69, 9.17) is 8.92 Å². The van der Waals surface area contributed by atoms with Crippen LogP contribution in [0, 0.1) is 0 Å². The molecule has 4 nitrogen and oxygen atoms in total. The molecule has 0 unspecified atom stereocenters. The first-order chi connectivity index (χ1) is 1.41. The van der Waals surface area contributed by atoms with Crippen molar-refractivity contribution in [2.45, 2.75) is 0 Å². The lowest BCUT2D eigenvalue weighted by Gasteiger charge is -0.944. The molecule has 0 fully saturated rings. The maximum Gasteiger partial charge on any atom is 0.549 e. The second-order valence-electron chi connectivity index (χ2n) is 0.0833. The van der Waals surface area contributed by atoms with E-state index in [9.17, 15) is 0 Å². The van der Waals surface area contributed by atoms with E-state index >= 15 is 0 Å². The minimum atomic E-state index is -1.42. The third-order valence-corrected chi connectivity index (χ3v) is 0. The lowest BCUT2D eigenvalue weighted by Crippen LogP contribution is -1.26. The minimum absolute atomic E-state index is 0. The summed E-state index contributed by atoms with van der Waals surface area (Å²) in [6.45, 7) is 0. The van der Waals surface area contributed by atoms with E-state index in [1.54, 1.807) is 0 Å². The summed E-state index contributed by atoms with van der Waals surface area (Å²) in [5, 5.41) is 0. The van der Waals surface area contributed by atoms with Crippen LogP contribution >= 0.6 is 0 Å². The second kappa shape index (κ2) is 51.5. The zero-order chi connectivity index (χ0) is 2.71. The lowest BCUT2D eigenvalue weighted by atomic mass is 15.9. The van der Waals surface area contributed by atoms with Gasteiger partial charge in [0.15, 0.2) is 0 Å². The summed E-state index contributed by atoms with van der Waals surface area (Å²) < 4.78 is 16.8. The third kappa shape index (κ3) is 163. The van der Waals surface area contributed by atoms with Gasteiger partial charge in [-0.3, -0.25) is 8.92 Å². The van der Waals surface area contributed by atoms with Crippen molar-refractivity contribution in [1.29, 1.82) is 0 Å². The highest BCUT2D eigenvalue weighted by Gasteiger charge is 1.22. The Labute approximate surface area is 30.4 Å². The van der Waals surface area contributed by atoms with Crippen LogP contribution in [0.3, 0.4) is 0 Å².